The van der Waals surface area contributed by atoms with Gasteiger partial charge in [0, 0.05) is 5.69 Å². The van der Waals surface area contributed by atoms with Crippen LogP contribution in [-0.2, 0) is 4.79 Å². The third kappa shape index (κ3) is 6.11. The normalized spacial score (nSPS) is 11.3. The number of ether oxygens (including phenoxy) is 2. The summed E-state index contributed by atoms with van der Waals surface area (Å²) >= 11 is 0. The first-order chi connectivity index (χ1) is 15.5. The predicted octanol–water partition coefficient (Wildman–Crippen LogP) is 5.44. The number of anilines is 2. The summed E-state index contributed by atoms with van der Waals surface area (Å²) < 4.78 is 11.3. The molecule has 0 heterocycles. The van der Waals surface area contributed by atoms with Gasteiger partial charge >= 0.3 is 0 Å². The van der Waals surface area contributed by atoms with Crippen molar-refractivity contribution >= 4 is 23.2 Å². The maximum atomic E-state index is 12.9. The van der Waals surface area contributed by atoms with E-state index in [4.69, 9.17) is 9.47 Å². The minimum atomic E-state index is -0.681. The van der Waals surface area contributed by atoms with Crippen LogP contribution in [0.15, 0.2) is 72.8 Å². The Balaban J connectivity index is 1.70. The lowest BCUT2D eigenvalue weighted by atomic mass is 10.1. The molecule has 6 heteroatoms. The van der Waals surface area contributed by atoms with Crippen LogP contribution in [-0.4, -0.2) is 24.5 Å². The smallest absolute Gasteiger partial charge is 0.265 e. The molecule has 3 rings (SSSR count). The van der Waals surface area contributed by atoms with E-state index in [2.05, 4.69) is 10.6 Å². The van der Waals surface area contributed by atoms with Gasteiger partial charge in [0.15, 0.2) is 6.10 Å². The lowest BCUT2D eigenvalue weighted by Gasteiger charge is -2.19. The van der Waals surface area contributed by atoms with Crippen LogP contribution in [0.5, 0.6) is 11.5 Å². The van der Waals surface area contributed by atoms with Crippen molar-refractivity contribution in [2.75, 3.05) is 17.2 Å². The summed E-state index contributed by atoms with van der Waals surface area (Å²) in [6.07, 6.45) is -0.195. The number of carbonyl (C=O) groups excluding carboxylic acids is 2. The Hall–Kier alpha value is -3.80. The van der Waals surface area contributed by atoms with Gasteiger partial charge in [0.2, 0.25) is 0 Å². The molecule has 0 saturated heterocycles. The molecular formula is C26H28N2O4. The highest BCUT2D eigenvalue weighted by atomic mass is 16.5. The second-order valence-electron chi connectivity index (χ2n) is 7.28. The number of para-hydroxylation sites is 1. The summed E-state index contributed by atoms with van der Waals surface area (Å²) in [4.78, 5) is 25.8. The van der Waals surface area contributed by atoms with E-state index < -0.39 is 6.10 Å². The van der Waals surface area contributed by atoms with Crippen LogP contribution in [0, 0.1) is 6.92 Å². The van der Waals surface area contributed by atoms with Crippen molar-refractivity contribution in [1.29, 1.82) is 0 Å². The molecular weight excluding hydrogens is 404 g/mol. The molecule has 2 N–H and O–H groups in total. The van der Waals surface area contributed by atoms with Crippen LogP contribution in [0.2, 0.25) is 0 Å². The Kier molecular flexibility index (Phi) is 7.86. The van der Waals surface area contributed by atoms with Crippen molar-refractivity contribution in [3.63, 3.8) is 0 Å². The Morgan fingerprint density at radius 2 is 1.62 bits per heavy atom. The first-order valence-corrected chi connectivity index (χ1v) is 10.7. The molecule has 0 aliphatic rings. The minimum absolute atomic E-state index is 0.310. The second-order valence-corrected chi connectivity index (χ2v) is 7.28. The molecule has 6 nitrogen and oxygen atoms in total. The molecule has 1 atom stereocenters. The van der Waals surface area contributed by atoms with Gasteiger partial charge in [0.25, 0.3) is 11.8 Å². The summed E-state index contributed by atoms with van der Waals surface area (Å²) in [7, 11) is 0. The molecule has 32 heavy (non-hydrogen) atoms. The van der Waals surface area contributed by atoms with Crippen molar-refractivity contribution in [2.24, 2.45) is 0 Å². The topological polar surface area (TPSA) is 76.7 Å². The monoisotopic (exact) mass is 432 g/mol. The lowest BCUT2D eigenvalue weighted by Crippen LogP contribution is -2.33. The van der Waals surface area contributed by atoms with E-state index in [0.29, 0.717) is 35.7 Å². The molecule has 0 radical (unpaired) electrons. The quantitative estimate of drug-likeness (QED) is 0.472. The van der Waals surface area contributed by atoms with E-state index >= 15 is 0 Å². The molecule has 3 aromatic carbocycles. The Morgan fingerprint density at radius 1 is 0.875 bits per heavy atom. The highest BCUT2D eigenvalue weighted by molar-refractivity contribution is 6.10. The zero-order chi connectivity index (χ0) is 22.9. The number of hydrogen-bond donors (Lipinski definition) is 2. The van der Waals surface area contributed by atoms with Crippen molar-refractivity contribution < 1.29 is 19.1 Å². The first kappa shape index (κ1) is 22.9. The van der Waals surface area contributed by atoms with Gasteiger partial charge in [-0.25, -0.2) is 0 Å². The Morgan fingerprint density at radius 3 is 2.31 bits per heavy atom. The summed E-state index contributed by atoms with van der Waals surface area (Å²) in [6.45, 7) is 6.33. The van der Waals surface area contributed by atoms with E-state index in [0.717, 1.165) is 11.3 Å². The molecule has 166 valence electrons. The van der Waals surface area contributed by atoms with Crippen molar-refractivity contribution in [3.05, 3.63) is 83.9 Å². The van der Waals surface area contributed by atoms with Crippen molar-refractivity contribution in [1.82, 2.24) is 0 Å². The zero-order valence-corrected chi connectivity index (χ0v) is 18.6. The molecule has 0 saturated carbocycles. The lowest BCUT2D eigenvalue weighted by molar-refractivity contribution is -0.122. The number of benzene rings is 3. The first-order valence-electron chi connectivity index (χ1n) is 10.7. The van der Waals surface area contributed by atoms with E-state index in [-0.39, 0.29) is 11.8 Å². The largest absolute Gasteiger partial charge is 0.494 e. The van der Waals surface area contributed by atoms with Crippen LogP contribution >= 0.6 is 0 Å². The van der Waals surface area contributed by atoms with Gasteiger partial charge in [-0.2, -0.15) is 0 Å². The van der Waals surface area contributed by atoms with Gasteiger partial charge in [0.05, 0.1) is 17.9 Å². The number of hydrogen-bond acceptors (Lipinski definition) is 4. The van der Waals surface area contributed by atoms with E-state index in [1.54, 1.807) is 48.5 Å². The van der Waals surface area contributed by atoms with Crippen LogP contribution in [0.3, 0.4) is 0 Å². The number of rotatable bonds is 9. The highest BCUT2D eigenvalue weighted by Crippen LogP contribution is 2.21. The van der Waals surface area contributed by atoms with E-state index in [1.807, 2.05) is 45.0 Å². The molecule has 3 aromatic rings. The van der Waals surface area contributed by atoms with E-state index in [9.17, 15) is 9.59 Å². The highest BCUT2D eigenvalue weighted by Gasteiger charge is 2.21. The van der Waals surface area contributed by atoms with Crippen LogP contribution in [0.25, 0.3) is 0 Å². The fraction of sp³-hybridized carbons (Fsp3) is 0.231. The van der Waals surface area contributed by atoms with Crippen LogP contribution < -0.4 is 20.1 Å². The number of amides is 2. The van der Waals surface area contributed by atoms with Crippen molar-refractivity contribution in [2.45, 2.75) is 33.3 Å². The molecule has 0 bridgehead atoms. The standard InChI is InChI=1S/C26H28N2O4/c1-4-24(32-21-10-8-9-18(3)17-21)26(30)28-23-12-7-6-11-22(23)25(29)27-19-13-15-20(16-14-19)31-5-2/h6-17,24H,4-5H2,1-3H3,(H,27,29)(H,28,30). The fourth-order valence-electron chi connectivity index (χ4n) is 3.18. The van der Waals surface area contributed by atoms with Crippen molar-refractivity contribution in [3.8, 4) is 11.5 Å². The van der Waals surface area contributed by atoms with Crippen LogP contribution in [0.4, 0.5) is 11.4 Å². The molecule has 0 aliphatic carbocycles. The van der Waals surface area contributed by atoms with Gasteiger partial charge in [-0.15, -0.1) is 0 Å². The SMILES string of the molecule is CCOc1ccc(NC(=O)c2ccccc2NC(=O)C(CC)Oc2cccc(C)c2)cc1. The van der Waals surface area contributed by atoms with Gasteiger partial charge in [-0.05, 0) is 74.4 Å². The number of aryl methyl sites for hydroxylation is 1. The zero-order valence-electron chi connectivity index (χ0n) is 18.6. The maximum Gasteiger partial charge on any atom is 0.265 e. The summed E-state index contributed by atoms with van der Waals surface area (Å²) in [5.74, 6) is 0.735. The average Bonchev–Trinajstić information content (AvgIpc) is 2.79. The van der Waals surface area contributed by atoms with Gasteiger partial charge in [0.1, 0.15) is 11.5 Å². The number of nitrogens with one attached hydrogen (secondary N) is 2. The molecule has 1 unspecified atom stereocenters. The molecule has 0 fully saturated rings. The van der Waals surface area contributed by atoms with Gasteiger partial charge in [-0.1, -0.05) is 31.2 Å². The second kappa shape index (κ2) is 11.0. The van der Waals surface area contributed by atoms with Gasteiger partial charge in [-0.3, -0.25) is 9.59 Å². The molecule has 2 amide bonds. The maximum absolute atomic E-state index is 12.9. The van der Waals surface area contributed by atoms with Crippen LogP contribution in [0.1, 0.15) is 36.2 Å². The van der Waals surface area contributed by atoms with Gasteiger partial charge < -0.3 is 20.1 Å². The molecule has 0 spiro atoms. The third-order valence-electron chi connectivity index (χ3n) is 4.78. The van der Waals surface area contributed by atoms with E-state index in [1.165, 1.54) is 0 Å². The Bertz CT molecular complexity index is 1060. The minimum Gasteiger partial charge on any atom is -0.494 e. The number of carbonyl (C=O) groups is 2. The predicted molar refractivity (Wildman–Crippen MR) is 127 cm³/mol. The summed E-state index contributed by atoms with van der Waals surface area (Å²) in [5, 5.41) is 5.70. The summed E-state index contributed by atoms with van der Waals surface area (Å²) in [5.41, 5.74) is 2.47. The molecule has 0 aliphatic heterocycles. The average molecular weight is 433 g/mol. The molecule has 0 aromatic heterocycles. The Labute approximate surface area is 188 Å². The summed E-state index contributed by atoms with van der Waals surface area (Å²) in [6, 6.07) is 21.6. The third-order valence-corrected chi connectivity index (χ3v) is 4.78. The fourth-order valence-corrected chi connectivity index (χ4v) is 3.18.